The molecular weight excluding hydrogens is 1300 g/mol. The highest BCUT2D eigenvalue weighted by atomic mass is 16.8. The van der Waals surface area contributed by atoms with Gasteiger partial charge in [-0.25, -0.2) is 28.8 Å². The number of nitrogens with one attached hydrogen (secondary N) is 3. The summed E-state index contributed by atoms with van der Waals surface area (Å²) in [7, 11) is 0. The average molecular weight is 1400 g/mol. The Kier molecular flexibility index (Phi) is 34.0. The van der Waals surface area contributed by atoms with Crippen LogP contribution < -0.4 is 44.4 Å². The molecule has 0 radical (unpaired) electrons. The molecule has 102 heavy (non-hydrogen) atoms. The first-order valence-corrected chi connectivity index (χ1v) is 32.4. The van der Waals surface area contributed by atoms with E-state index in [4.69, 9.17) is 52.8 Å². The van der Waals surface area contributed by atoms with Crippen molar-refractivity contribution in [1.29, 1.82) is 0 Å². The lowest BCUT2D eigenvalue weighted by atomic mass is 10.1. The lowest BCUT2D eigenvalue weighted by Gasteiger charge is -2.20. The number of benzene rings is 9. The summed E-state index contributed by atoms with van der Waals surface area (Å²) in [5, 5.41) is 26.2. The minimum Gasteiger partial charge on any atom is -0.508 e. The van der Waals surface area contributed by atoms with Crippen LogP contribution in [-0.2, 0) is 51.4 Å². The predicted octanol–water partition coefficient (Wildman–Crippen LogP) is 20.9. The molecule has 9 aromatic rings. The fourth-order valence-electron chi connectivity index (χ4n) is 7.92. The number of carbonyl (C=O) groups is 6. The van der Waals surface area contributed by atoms with Crippen LogP contribution in [0.4, 0.5) is 45.8 Å². The number of phenolic OH excluding ortho intramolecular Hbond substituents is 2. The van der Waals surface area contributed by atoms with E-state index in [1.807, 2.05) is 133 Å². The molecule has 0 aliphatic carbocycles. The van der Waals surface area contributed by atoms with Gasteiger partial charge in [0.1, 0.15) is 76.0 Å². The van der Waals surface area contributed by atoms with E-state index in [9.17, 15) is 28.8 Å². The van der Waals surface area contributed by atoms with Crippen LogP contribution in [0.3, 0.4) is 0 Å². The summed E-state index contributed by atoms with van der Waals surface area (Å²) >= 11 is 0. The van der Waals surface area contributed by atoms with Gasteiger partial charge < -0.3 is 57.6 Å². The molecule has 21 heteroatoms. The second-order valence-corrected chi connectivity index (χ2v) is 24.8. The molecule has 5 N–H and O–H groups in total. The van der Waals surface area contributed by atoms with Gasteiger partial charge in [-0.05, 0) is 243 Å². The van der Waals surface area contributed by atoms with Crippen LogP contribution in [0.25, 0.3) is 0 Å². The van der Waals surface area contributed by atoms with E-state index in [0.29, 0.717) is 53.3 Å². The molecule has 0 atom stereocenters. The average Bonchev–Trinajstić information content (AvgIpc) is 0.895. The van der Waals surface area contributed by atoms with Gasteiger partial charge in [-0.1, -0.05) is 125 Å². The van der Waals surface area contributed by atoms with E-state index in [1.54, 1.807) is 111 Å². The quantitative estimate of drug-likeness (QED) is 0.0260. The summed E-state index contributed by atoms with van der Waals surface area (Å²) in [6, 6.07) is 68.4. The number of hydrogen-bond acceptors (Lipinski definition) is 18. The summed E-state index contributed by atoms with van der Waals surface area (Å²) in [6.45, 7) is 22.5. The lowest BCUT2D eigenvalue weighted by Crippen LogP contribution is -2.29. The van der Waals surface area contributed by atoms with Crippen LogP contribution >= 0.6 is 0 Å². The number of aryl methyl sites for hydroxylation is 3. The first kappa shape index (κ1) is 82.4. The summed E-state index contributed by atoms with van der Waals surface area (Å²) in [4.78, 5) is 69.1. The van der Waals surface area contributed by atoms with Gasteiger partial charge in [0.05, 0.1) is 0 Å². The van der Waals surface area contributed by atoms with Crippen molar-refractivity contribution in [2.24, 2.45) is 0 Å². The third-order valence-corrected chi connectivity index (χ3v) is 12.8. The highest BCUT2D eigenvalue weighted by Crippen LogP contribution is 2.24. The number of carbonyl (C=O) groups excluding carboxylic acids is 6. The summed E-state index contributed by atoms with van der Waals surface area (Å²) in [5.74, 6) is 3.31. The molecule has 0 aliphatic heterocycles. The third kappa shape index (κ3) is 35.5. The van der Waals surface area contributed by atoms with Crippen LogP contribution in [0.5, 0.6) is 46.0 Å². The maximum atomic E-state index is 12.0. The molecule has 0 unspecified atom stereocenters. The van der Waals surface area contributed by atoms with Gasteiger partial charge in [0, 0.05) is 18.5 Å². The van der Waals surface area contributed by atoms with Crippen molar-refractivity contribution in [3.8, 4) is 46.0 Å². The Balaban J connectivity index is 0.000000339. The van der Waals surface area contributed by atoms with Gasteiger partial charge in [0.25, 0.3) is 0 Å². The first-order valence-electron chi connectivity index (χ1n) is 32.4. The van der Waals surface area contributed by atoms with Crippen molar-refractivity contribution in [3.63, 3.8) is 0 Å². The molecule has 21 nitrogen and oxygen atoms in total. The Morgan fingerprint density at radius 3 is 0.833 bits per heavy atom. The van der Waals surface area contributed by atoms with Crippen LogP contribution in [-0.4, -0.2) is 63.8 Å². The smallest absolute Gasteiger partial charge is 0.508 e. The minimum atomic E-state index is -1.06. The molecule has 0 saturated heterocycles. The van der Waals surface area contributed by atoms with Crippen molar-refractivity contribution in [2.75, 3.05) is 16.0 Å². The van der Waals surface area contributed by atoms with Gasteiger partial charge in [0.2, 0.25) is 0 Å². The van der Waals surface area contributed by atoms with E-state index < -0.39 is 53.5 Å². The van der Waals surface area contributed by atoms with Crippen LogP contribution in [0.1, 0.15) is 120 Å². The fourth-order valence-corrected chi connectivity index (χ4v) is 7.92. The van der Waals surface area contributed by atoms with Crippen LogP contribution in [0, 0.1) is 0 Å². The Morgan fingerprint density at radius 2 is 0.559 bits per heavy atom. The Morgan fingerprint density at radius 1 is 0.314 bits per heavy atom. The molecule has 9 aromatic carbocycles. The molecule has 0 aliphatic rings. The molecule has 9 rings (SSSR count). The van der Waals surface area contributed by atoms with Crippen molar-refractivity contribution < 1.29 is 87.8 Å². The Labute approximate surface area is 599 Å². The van der Waals surface area contributed by atoms with Crippen LogP contribution in [0.2, 0.25) is 0 Å². The van der Waals surface area contributed by atoms with E-state index in [-0.39, 0.29) is 20.4 Å². The predicted molar refractivity (Wildman–Crippen MR) is 396 cm³/mol. The normalized spacial score (nSPS) is 10.4. The number of phenols is 2. The molecule has 0 fully saturated rings. The van der Waals surface area contributed by atoms with E-state index in [2.05, 4.69) is 41.5 Å². The maximum Gasteiger partial charge on any atom is 0.519 e. The molecule has 0 bridgehead atoms. The third-order valence-electron chi connectivity index (χ3n) is 12.8. The standard InChI is InChI=1S/C22H21NO3.C20H23NO5.C15H15NO3.C13H12O2.C10H18O5.CH4.H2/c1-2-17-8-10-19(11-9-17)23-22(24)26-21-14-12-20(13-15-21)25-16-18-6-4-3-5-7-18;1-5-14-6-8-15(9-7-14)21-18(22)24-16-10-12-17(13-11-16)25-19(23)26-20(2,3)4;1-2-11-3-5-12(6-4-11)16-15(18)19-14-9-7-13(17)8-10-14;14-12-6-8-13(9-7-12)15-10-11-4-2-1-3-5-11;1-9(2,3)14-7(11)13-8(12)15-10(4,5)6;;/h3-15H,2,16H2,1H3,(H,23,24);6-13H,5H2,1-4H3,(H,21,22);3-10,17H,2H2,1H3,(H,16,18);1-9,14H,10H2;1-6H3;1H4;1H. The monoisotopic (exact) mass is 1400 g/mol. The zero-order valence-corrected chi connectivity index (χ0v) is 58.9. The van der Waals surface area contributed by atoms with Gasteiger partial charge >= 0.3 is 36.7 Å². The highest BCUT2D eigenvalue weighted by Gasteiger charge is 2.25. The van der Waals surface area contributed by atoms with Gasteiger partial charge in [0.15, 0.2) is 0 Å². The Hall–Kier alpha value is -12.0. The molecule has 0 spiro atoms. The van der Waals surface area contributed by atoms with Crippen molar-refractivity contribution in [1.82, 2.24) is 0 Å². The maximum absolute atomic E-state index is 12.0. The van der Waals surface area contributed by atoms with Gasteiger partial charge in [-0.3, -0.25) is 16.0 Å². The second-order valence-electron chi connectivity index (χ2n) is 24.8. The van der Waals surface area contributed by atoms with E-state index >= 15 is 0 Å². The molecule has 0 saturated carbocycles. The van der Waals surface area contributed by atoms with Crippen molar-refractivity contribution in [2.45, 2.75) is 140 Å². The SMILES string of the molecule is C.CC(C)(C)OC(=O)OC(=O)OC(C)(C)C.CCc1ccc(NC(=O)Oc2ccc(O)cc2)cc1.CCc1ccc(NC(=O)Oc2ccc(OC(=O)OC(C)(C)C)cc2)cc1.CCc1ccc(NC(=O)Oc2ccc(OCc3ccccc3)cc2)cc1.Oc1ccc(OCc2ccccc2)cc1.[HH]. The molecule has 542 valence electrons. The summed E-state index contributed by atoms with van der Waals surface area (Å²) in [6.07, 6.45) is -1.74. The summed E-state index contributed by atoms with van der Waals surface area (Å²) in [5.41, 5.74) is 5.85. The molecule has 0 heterocycles. The van der Waals surface area contributed by atoms with Gasteiger partial charge in [-0.2, -0.15) is 0 Å². The second kappa shape index (κ2) is 42.1. The number of amides is 3. The zero-order valence-electron chi connectivity index (χ0n) is 58.9. The van der Waals surface area contributed by atoms with Crippen molar-refractivity contribution >= 4 is 53.8 Å². The lowest BCUT2D eigenvalue weighted by molar-refractivity contribution is -0.0295. The highest BCUT2D eigenvalue weighted by molar-refractivity contribution is 5.87. The molecular formula is C81H95N3O18. The molecule has 3 amide bonds. The fraction of sp³-hybridized carbons (Fsp3) is 0.259. The minimum absolute atomic E-state index is 0. The Bertz CT molecular complexity index is 3930. The summed E-state index contributed by atoms with van der Waals surface area (Å²) < 4.78 is 50.7. The number of hydrogen-bond donors (Lipinski definition) is 5. The first-order chi connectivity index (χ1) is 48.0. The molecule has 0 aromatic heterocycles. The zero-order chi connectivity index (χ0) is 73.8. The van der Waals surface area contributed by atoms with E-state index in [0.717, 1.165) is 41.9 Å². The van der Waals surface area contributed by atoms with Crippen LogP contribution in [0.15, 0.2) is 231 Å². The van der Waals surface area contributed by atoms with Crippen molar-refractivity contribution in [3.05, 3.63) is 258 Å². The van der Waals surface area contributed by atoms with Gasteiger partial charge in [-0.15, -0.1) is 0 Å². The topological polar surface area (TPSA) is 271 Å². The number of ether oxygens (including phenoxy) is 10. The number of anilines is 3. The number of rotatable bonds is 16. The number of aromatic hydroxyl groups is 2. The largest absolute Gasteiger partial charge is 0.519 e. The van der Waals surface area contributed by atoms with E-state index in [1.165, 1.54) is 65.2 Å².